The Morgan fingerprint density at radius 2 is 1.62 bits per heavy atom. The van der Waals surface area contributed by atoms with E-state index in [0.717, 1.165) is 54.5 Å². The van der Waals surface area contributed by atoms with Crippen molar-refractivity contribution in [3.63, 3.8) is 0 Å². The molecule has 1 aromatic heterocycles. The summed E-state index contributed by atoms with van der Waals surface area (Å²) in [6.45, 7) is 2.99. The van der Waals surface area contributed by atoms with E-state index in [1.165, 1.54) is 5.56 Å². The van der Waals surface area contributed by atoms with Gasteiger partial charge in [0.25, 0.3) is 5.91 Å². The van der Waals surface area contributed by atoms with Gasteiger partial charge in [0.1, 0.15) is 0 Å². The molecule has 5 rings (SSSR count). The number of para-hydroxylation sites is 1. The number of rotatable bonds is 6. The zero-order valence-corrected chi connectivity index (χ0v) is 19.2. The van der Waals surface area contributed by atoms with Crippen LogP contribution in [0, 0.1) is 0 Å². The minimum Gasteiger partial charge on any atom is -0.349 e. The second-order valence-corrected chi connectivity index (χ2v) is 8.88. The lowest BCUT2D eigenvalue weighted by Crippen LogP contribution is -2.44. The highest BCUT2D eigenvalue weighted by atomic mass is 16.1. The summed E-state index contributed by atoms with van der Waals surface area (Å²) in [5.74, 6) is 0.0113. The van der Waals surface area contributed by atoms with Crippen LogP contribution >= 0.6 is 0 Å². The Labute approximate surface area is 201 Å². The van der Waals surface area contributed by atoms with Crippen LogP contribution in [0.15, 0.2) is 91.1 Å². The maximum Gasteiger partial charge on any atom is 0.251 e. The first-order valence-corrected chi connectivity index (χ1v) is 11.9. The van der Waals surface area contributed by atoms with Gasteiger partial charge >= 0.3 is 0 Å². The topological polar surface area (TPSA) is 45.2 Å². The second kappa shape index (κ2) is 10.4. The molecule has 0 bridgehead atoms. The van der Waals surface area contributed by atoms with Crippen LogP contribution in [0.2, 0.25) is 0 Å². The highest BCUT2D eigenvalue weighted by Gasteiger charge is 2.21. The van der Waals surface area contributed by atoms with E-state index in [9.17, 15) is 4.79 Å². The summed E-state index contributed by atoms with van der Waals surface area (Å²) in [5, 5.41) is 4.36. The number of nitrogens with one attached hydrogen (secondary N) is 1. The SMILES string of the molecule is O=C(NC1CCN(Cc2ccccc2)CC1)c1ccc(C=Cc2ccnc3ccccc23)cc1. The number of carbonyl (C=O) groups excluding carboxylic acids is 1. The minimum absolute atomic E-state index is 0.0113. The Morgan fingerprint density at radius 3 is 2.41 bits per heavy atom. The van der Waals surface area contributed by atoms with Crippen LogP contribution in [0.25, 0.3) is 23.1 Å². The Kier molecular flexibility index (Phi) is 6.78. The average Bonchev–Trinajstić information content (AvgIpc) is 2.89. The molecule has 4 aromatic rings. The van der Waals surface area contributed by atoms with Gasteiger partial charge in [-0.15, -0.1) is 0 Å². The van der Waals surface area contributed by atoms with E-state index in [1.807, 2.05) is 54.7 Å². The zero-order valence-electron chi connectivity index (χ0n) is 19.2. The average molecular weight is 448 g/mol. The Hall–Kier alpha value is -3.76. The molecule has 1 saturated heterocycles. The zero-order chi connectivity index (χ0) is 23.2. The molecule has 4 heteroatoms. The molecule has 4 nitrogen and oxygen atoms in total. The smallest absolute Gasteiger partial charge is 0.251 e. The molecule has 1 N–H and O–H groups in total. The summed E-state index contributed by atoms with van der Waals surface area (Å²) >= 11 is 0. The Balaban J connectivity index is 1.15. The van der Waals surface area contributed by atoms with Crippen LogP contribution in [0.3, 0.4) is 0 Å². The van der Waals surface area contributed by atoms with Crippen molar-refractivity contribution >= 4 is 29.0 Å². The number of carbonyl (C=O) groups is 1. The van der Waals surface area contributed by atoms with E-state index < -0.39 is 0 Å². The third kappa shape index (κ3) is 5.41. The molecular weight excluding hydrogens is 418 g/mol. The molecule has 1 aliphatic heterocycles. The van der Waals surface area contributed by atoms with Gasteiger partial charge in [0.2, 0.25) is 0 Å². The van der Waals surface area contributed by atoms with Gasteiger partial charge < -0.3 is 5.32 Å². The molecule has 1 aliphatic rings. The second-order valence-electron chi connectivity index (χ2n) is 8.88. The van der Waals surface area contributed by atoms with E-state index in [1.54, 1.807) is 0 Å². The van der Waals surface area contributed by atoms with Crippen molar-refractivity contribution in [1.82, 2.24) is 15.2 Å². The van der Waals surface area contributed by atoms with Crippen LogP contribution in [0.5, 0.6) is 0 Å². The lowest BCUT2D eigenvalue weighted by Gasteiger charge is -2.32. The van der Waals surface area contributed by atoms with Gasteiger partial charge in [0.05, 0.1) is 5.52 Å². The quantitative estimate of drug-likeness (QED) is 0.406. The Bertz CT molecular complexity index is 1270. The summed E-state index contributed by atoms with van der Waals surface area (Å²) in [4.78, 5) is 19.7. The predicted octanol–water partition coefficient (Wildman–Crippen LogP) is 5.80. The highest BCUT2D eigenvalue weighted by molar-refractivity contribution is 5.95. The fourth-order valence-electron chi connectivity index (χ4n) is 4.54. The third-order valence-electron chi connectivity index (χ3n) is 6.48. The predicted molar refractivity (Wildman–Crippen MR) is 139 cm³/mol. The van der Waals surface area contributed by atoms with E-state index in [4.69, 9.17) is 0 Å². The monoisotopic (exact) mass is 447 g/mol. The number of likely N-dealkylation sites (tertiary alicyclic amines) is 1. The summed E-state index contributed by atoms with van der Waals surface area (Å²) in [6.07, 6.45) is 7.98. The number of nitrogens with zero attached hydrogens (tertiary/aromatic N) is 2. The maximum absolute atomic E-state index is 12.8. The lowest BCUT2D eigenvalue weighted by molar-refractivity contribution is 0.0909. The van der Waals surface area contributed by atoms with Crippen molar-refractivity contribution in [1.29, 1.82) is 0 Å². The molecule has 0 spiro atoms. The minimum atomic E-state index is 0.0113. The summed E-state index contributed by atoms with van der Waals surface area (Å²) in [7, 11) is 0. The van der Waals surface area contributed by atoms with Crippen LogP contribution < -0.4 is 5.32 Å². The molecule has 1 amide bonds. The fourth-order valence-corrected chi connectivity index (χ4v) is 4.54. The first-order valence-electron chi connectivity index (χ1n) is 11.9. The number of hydrogen-bond donors (Lipinski definition) is 1. The van der Waals surface area contributed by atoms with Crippen LogP contribution in [-0.4, -0.2) is 34.9 Å². The van der Waals surface area contributed by atoms with Crippen molar-refractivity contribution in [2.75, 3.05) is 13.1 Å². The van der Waals surface area contributed by atoms with E-state index >= 15 is 0 Å². The first kappa shape index (κ1) is 22.1. The molecule has 1 fully saturated rings. The molecule has 2 heterocycles. The molecule has 0 radical (unpaired) electrons. The van der Waals surface area contributed by atoms with Crippen LogP contribution in [0.1, 0.15) is 39.9 Å². The van der Waals surface area contributed by atoms with Crippen LogP contribution in [-0.2, 0) is 6.54 Å². The number of amides is 1. The fraction of sp³-hybridized carbons (Fsp3) is 0.200. The van der Waals surface area contributed by atoms with Gasteiger partial charge in [-0.25, -0.2) is 0 Å². The van der Waals surface area contributed by atoms with E-state index in [2.05, 4.69) is 63.8 Å². The standard InChI is InChI=1S/C30H29N3O/c34-30(32-27-17-20-33(21-18-27)22-24-6-2-1-3-7-24)26-14-11-23(12-15-26)10-13-25-16-19-31-29-9-5-4-8-28(25)29/h1-16,19,27H,17-18,20-22H2,(H,32,34). The molecule has 0 unspecified atom stereocenters. The summed E-state index contributed by atoms with van der Waals surface area (Å²) in [5.41, 5.74) is 5.23. The number of hydrogen-bond acceptors (Lipinski definition) is 3. The van der Waals surface area contributed by atoms with Gasteiger partial charge in [-0.2, -0.15) is 0 Å². The maximum atomic E-state index is 12.8. The van der Waals surface area contributed by atoms with Crippen molar-refractivity contribution in [3.8, 4) is 0 Å². The molecule has 34 heavy (non-hydrogen) atoms. The lowest BCUT2D eigenvalue weighted by atomic mass is 10.0. The van der Waals surface area contributed by atoms with Crippen LogP contribution in [0.4, 0.5) is 0 Å². The molecular formula is C30H29N3O. The molecule has 170 valence electrons. The van der Waals surface area contributed by atoms with Crippen molar-refractivity contribution < 1.29 is 4.79 Å². The van der Waals surface area contributed by atoms with E-state index in [0.29, 0.717) is 5.56 Å². The number of piperidine rings is 1. The normalized spacial score (nSPS) is 15.1. The van der Waals surface area contributed by atoms with Crippen molar-refractivity contribution in [2.24, 2.45) is 0 Å². The summed E-state index contributed by atoms with van der Waals surface area (Å²) < 4.78 is 0. The summed E-state index contributed by atoms with van der Waals surface area (Å²) in [6, 6.07) is 28.8. The number of pyridine rings is 1. The first-order chi connectivity index (χ1) is 16.7. The number of aromatic nitrogens is 1. The van der Waals surface area contributed by atoms with Gasteiger partial charge in [-0.3, -0.25) is 14.7 Å². The van der Waals surface area contributed by atoms with Gasteiger partial charge in [0.15, 0.2) is 0 Å². The molecule has 3 aromatic carbocycles. The van der Waals surface area contributed by atoms with Gasteiger partial charge in [0, 0.05) is 42.8 Å². The molecule has 0 aliphatic carbocycles. The van der Waals surface area contributed by atoms with Gasteiger partial charge in [-0.1, -0.05) is 72.8 Å². The number of benzene rings is 3. The third-order valence-corrected chi connectivity index (χ3v) is 6.48. The largest absolute Gasteiger partial charge is 0.349 e. The van der Waals surface area contributed by atoms with Crippen molar-refractivity contribution in [2.45, 2.75) is 25.4 Å². The Morgan fingerprint density at radius 1 is 0.882 bits per heavy atom. The number of fused-ring (bicyclic) bond motifs is 1. The highest BCUT2D eigenvalue weighted by Crippen LogP contribution is 2.19. The molecule has 0 atom stereocenters. The van der Waals surface area contributed by atoms with Gasteiger partial charge in [-0.05, 0) is 53.8 Å². The van der Waals surface area contributed by atoms with E-state index in [-0.39, 0.29) is 11.9 Å². The molecule has 0 saturated carbocycles. The van der Waals surface area contributed by atoms with Crippen molar-refractivity contribution in [3.05, 3.63) is 113 Å².